The van der Waals surface area contributed by atoms with Crippen LogP contribution in [0, 0.1) is 17.3 Å². The van der Waals surface area contributed by atoms with Crippen molar-refractivity contribution in [2.24, 2.45) is 17.3 Å². The highest BCUT2D eigenvalue weighted by Gasteiger charge is 2.36. The average Bonchev–Trinajstić information content (AvgIpc) is 2.05. The fourth-order valence-electron chi connectivity index (χ4n) is 2.45. The van der Waals surface area contributed by atoms with Gasteiger partial charge in [-0.25, -0.2) is 13.2 Å². The zero-order valence-electron chi connectivity index (χ0n) is 9.77. The van der Waals surface area contributed by atoms with Crippen molar-refractivity contribution in [3.8, 4) is 0 Å². The number of rotatable bonds is 2. The van der Waals surface area contributed by atoms with E-state index in [4.69, 9.17) is 0 Å². The fourth-order valence-corrected chi connectivity index (χ4v) is 2.45. The van der Waals surface area contributed by atoms with Crippen LogP contribution in [0.1, 0.15) is 46.5 Å². The van der Waals surface area contributed by atoms with Gasteiger partial charge in [-0.2, -0.15) is 0 Å². The van der Waals surface area contributed by atoms with Crippen molar-refractivity contribution in [2.75, 3.05) is 0 Å². The molecule has 0 aromatic heterocycles. The number of hydrogen-bond donors (Lipinski definition) is 0. The van der Waals surface area contributed by atoms with E-state index in [1.54, 1.807) is 0 Å². The second kappa shape index (κ2) is 4.75. The van der Waals surface area contributed by atoms with Crippen LogP contribution in [-0.4, -0.2) is 12.6 Å². The summed E-state index contributed by atoms with van der Waals surface area (Å²) in [6.45, 7) is 6.21. The molecule has 0 spiro atoms. The van der Waals surface area contributed by atoms with E-state index in [2.05, 4.69) is 20.8 Å². The molecule has 3 unspecified atom stereocenters. The van der Waals surface area contributed by atoms with E-state index in [9.17, 15) is 13.2 Å². The Morgan fingerprint density at radius 3 is 2.20 bits per heavy atom. The van der Waals surface area contributed by atoms with E-state index < -0.39 is 18.5 Å². The Bertz CT molecular complexity index is 196. The van der Waals surface area contributed by atoms with Gasteiger partial charge in [0.05, 0.1) is 0 Å². The lowest BCUT2D eigenvalue weighted by atomic mass is 9.73. The molecule has 1 aliphatic rings. The molecule has 90 valence electrons. The van der Waals surface area contributed by atoms with E-state index in [0.717, 1.165) is 6.42 Å². The summed E-state index contributed by atoms with van der Waals surface area (Å²) in [5, 5.41) is 0. The van der Waals surface area contributed by atoms with Crippen LogP contribution in [0.4, 0.5) is 13.2 Å². The van der Waals surface area contributed by atoms with Crippen molar-refractivity contribution >= 4 is 0 Å². The van der Waals surface area contributed by atoms with Gasteiger partial charge in [0.25, 0.3) is 0 Å². The minimum atomic E-state index is -2.35. The monoisotopic (exact) mass is 222 g/mol. The van der Waals surface area contributed by atoms with Crippen LogP contribution in [0.3, 0.4) is 0 Å². The molecule has 1 saturated carbocycles. The molecule has 0 nitrogen and oxygen atoms in total. The topological polar surface area (TPSA) is 0 Å². The molecule has 0 aromatic carbocycles. The molecule has 1 fully saturated rings. The quantitative estimate of drug-likeness (QED) is 0.648. The first-order chi connectivity index (χ1) is 6.79. The first-order valence-corrected chi connectivity index (χ1v) is 5.72. The summed E-state index contributed by atoms with van der Waals surface area (Å²) in [4.78, 5) is 0. The molecule has 0 amide bonds. The number of hydrogen-bond acceptors (Lipinski definition) is 0. The highest BCUT2D eigenvalue weighted by atomic mass is 19.3. The van der Waals surface area contributed by atoms with Crippen LogP contribution in [0.15, 0.2) is 0 Å². The van der Waals surface area contributed by atoms with E-state index in [1.807, 2.05) is 0 Å². The number of alkyl halides is 3. The van der Waals surface area contributed by atoms with Crippen molar-refractivity contribution in [1.29, 1.82) is 0 Å². The van der Waals surface area contributed by atoms with Crippen LogP contribution in [0.5, 0.6) is 0 Å². The predicted octanol–water partition coefficient (Wildman–Crippen LogP) is 4.44. The fraction of sp³-hybridized carbons (Fsp3) is 1.00. The predicted molar refractivity (Wildman–Crippen MR) is 55.8 cm³/mol. The van der Waals surface area contributed by atoms with Gasteiger partial charge in [0.15, 0.2) is 0 Å². The van der Waals surface area contributed by atoms with E-state index in [-0.39, 0.29) is 17.8 Å². The zero-order valence-corrected chi connectivity index (χ0v) is 9.77. The highest BCUT2D eigenvalue weighted by Crippen LogP contribution is 2.39. The second-order valence-electron chi connectivity index (χ2n) is 5.95. The molecule has 0 saturated heterocycles. The van der Waals surface area contributed by atoms with Gasteiger partial charge in [0.2, 0.25) is 6.43 Å². The Labute approximate surface area is 90.2 Å². The van der Waals surface area contributed by atoms with Crippen LogP contribution in [0.25, 0.3) is 0 Å². The summed E-state index contributed by atoms with van der Waals surface area (Å²) in [5.74, 6) is -0.726. The molecule has 3 heteroatoms. The lowest BCUT2D eigenvalue weighted by Gasteiger charge is -2.34. The molecular weight excluding hydrogens is 201 g/mol. The third-order valence-electron chi connectivity index (χ3n) is 3.18. The first kappa shape index (κ1) is 12.9. The normalized spacial score (nSPS) is 33.4. The van der Waals surface area contributed by atoms with Crippen molar-refractivity contribution in [3.63, 3.8) is 0 Å². The van der Waals surface area contributed by atoms with Gasteiger partial charge in [-0.1, -0.05) is 20.8 Å². The molecule has 0 bridgehead atoms. The second-order valence-corrected chi connectivity index (χ2v) is 5.95. The third-order valence-corrected chi connectivity index (χ3v) is 3.18. The number of halogens is 3. The summed E-state index contributed by atoms with van der Waals surface area (Å²) in [6, 6.07) is 0. The molecule has 1 rings (SSSR count). The average molecular weight is 222 g/mol. The molecule has 3 atom stereocenters. The van der Waals surface area contributed by atoms with Gasteiger partial charge in [-0.05, 0) is 37.0 Å². The minimum Gasteiger partial charge on any atom is -0.247 e. The standard InChI is InChI=1S/C12H21F3/c1-12(2,3)7-9-5-4-8(11(14)15)6-10(9)13/h8-11H,4-7H2,1-3H3. The van der Waals surface area contributed by atoms with Gasteiger partial charge in [0.1, 0.15) is 6.17 Å². The van der Waals surface area contributed by atoms with Crippen LogP contribution in [-0.2, 0) is 0 Å². The van der Waals surface area contributed by atoms with Gasteiger partial charge in [0, 0.05) is 5.92 Å². The lowest BCUT2D eigenvalue weighted by Crippen LogP contribution is -2.31. The van der Waals surface area contributed by atoms with Crippen molar-refractivity contribution in [2.45, 2.75) is 59.1 Å². The van der Waals surface area contributed by atoms with Crippen molar-refractivity contribution in [3.05, 3.63) is 0 Å². The molecule has 1 aliphatic carbocycles. The van der Waals surface area contributed by atoms with E-state index >= 15 is 0 Å². The SMILES string of the molecule is CC(C)(C)CC1CCC(C(F)F)CC1F. The molecule has 15 heavy (non-hydrogen) atoms. The summed E-state index contributed by atoms with van der Waals surface area (Å²) in [6.07, 6.45) is -1.43. The Balaban J connectivity index is 2.46. The van der Waals surface area contributed by atoms with Crippen LogP contribution < -0.4 is 0 Å². The molecule has 0 heterocycles. The van der Waals surface area contributed by atoms with Crippen molar-refractivity contribution < 1.29 is 13.2 Å². The third kappa shape index (κ3) is 4.04. The maximum absolute atomic E-state index is 13.7. The van der Waals surface area contributed by atoms with Gasteiger partial charge in [-0.15, -0.1) is 0 Å². The van der Waals surface area contributed by atoms with Crippen molar-refractivity contribution in [1.82, 2.24) is 0 Å². The lowest BCUT2D eigenvalue weighted by molar-refractivity contribution is 0.00614. The summed E-state index contributed by atoms with van der Waals surface area (Å²) >= 11 is 0. The Kier molecular flexibility index (Phi) is 4.07. The van der Waals surface area contributed by atoms with E-state index in [1.165, 1.54) is 0 Å². The molecule has 0 aliphatic heterocycles. The molecule has 0 radical (unpaired) electrons. The maximum Gasteiger partial charge on any atom is 0.241 e. The zero-order chi connectivity index (χ0) is 11.6. The summed E-state index contributed by atoms with van der Waals surface area (Å²) in [5.41, 5.74) is 0.0900. The molecule has 0 N–H and O–H groups in total. The van der Waals surface area contributed by atoms with Crippen LogP contribution in [0.2, 0.25) is 0 Å². The maximum atomic E-state index is 13.7. The van der Waals surface area contributed by atoms with Crippen LogP contribution >= 0.6 is 0 Å². The molecular formula is C12H21F3. The Hall–Kier alpha value is -0.210. The van der Waals surface area contributed by atoms with Gasteiger partial charge < -0.3 is 0 Å². The Morgan fingerprint density at radius 2 is 1.80 bits per heavy atom. The summed E-state index contributed by atoms with van der Waals surface area (Å²) < 4.78 is 38.4. The van der Waals surface area contributed by atoms with E-state index in [0.29, 0.717) is 12.8 Å². The minimum absolute atomic E-state index is 0.0139. The van der Waals surface area contributed by atoms with Gasteiger partial charge in [-0.3, -0.25) is 0 Å². The van der Waals surface area contributed by atoms with Gasteiger partial charge >= 0.3 is 0 Å². The smallest absolute Gasteiger partial charge is 0.241 e. The first-order valence-electron chi connectivity index (χ1n) is 5.72. The largest absolute Gasteiger partial charge is 0.247 e. The summed E-state index contributed by atoms with van der Waals surface area (Å²) in [7, 11) is 0. The Morgan fingerprint density at radius 1 is 1.20 bits per heavy atom. The highest BCUT2D eigenvalue weighted by molar-refractivity contribution is 4.83. The molecule has 0 aromatic rings.